The first kappa shape index (κ1) is 19.4. The van der Waals surface area contributed by atoms with Crippen LogP contribution >= 0.6 is 0 Å². The molecule has 3 rings (SSSR count). The van der Waals surface area contributed by atoms with E-state index in [-0.39, 0.29) is 24.7 Å². The smallest absolute Gasteiger partial charge is 0.338 e. The molecule has 0 saturated heterocycles. The molecule has 0 aliphatic carbocycles. The second-order valence-electron chi connectivity index (χ2n) is 6.40. The molecule has 0 saturated carbocycles. The number of amides is 1. The Morgan fingerprint density at radius 2 is 1.82 bits per heavy atom. The number of carbonyl (C=O) groups excluding carboxylic acids is 3. The summed E-state index contributed by atoms with van der Waals surface area (Å²) in [6.45, 7) is 2.27. The van der Waals surface area contributed by atoms with Crippen molar-refractivity contribution in [1.29, 1.82) is 0 Å². The molecule has 1 heterocycles. The summed E-state index contributed by atoms with van der Waals surface area (Å²) >= 11 is 0. The third kappa shape index (κ3) is 4.65. The molecule has 0 bridgehead atoms. The Labute approximate surface area is 163 Å². The number of fused-ring (bicyclic) bond motifs is 1. The lowest BCUT2D eigenvalue weighted by Crippen LogP contribution is -2.16. The van der Waals surface area contributed by atoms with Crippen LogP contribution in [0, 0.1) is 0 Å². The van der Waals surface area contributed by atoms with Crippen LogP contribution in [0.4, 0.5) is 5.69 Å². The van der Waals surface area contributed by atoms with Gasteiger partial charge in [0.2, 0.25) is 11.8 Å². The number of anilines is 1. The minimum Gasteiger partial charge on any atom is -0.462 e. The normalized spacial score (nSPS) is 10.6. The van der Waals surface area contributed by atoms with Crippen molar-refractivity contribution in [3.8, 4) is 0 Å². The van der Waals surface area contributed by atoms with E-state index in [0.717, 1.165) is 17.3 Å². The van der Waals surface area contributed by atoms with Crippen molar-refractivity contribution in [3.63, 3.8) is 0 Å². The van der Waals surface area contributed by atoms with Gasteiger partial charge in [0.05, 0.1) is 17.7 Å². The van der Waals surface area contributed by atoms with Crippen LogP contribution in [0.1, 0.15) is 41.3 Å². The largest absolute Gasteiger partial charge is 0.462 e. The first-order chi connectivity index (χ1) is 13.6. The summed E-state index contributed by atoms with van der Waals surface area (Å²) in [7, 11) is 0. The van der Waals surface area contributed by atoms with Gasteiger partial charge in [-0.25, -0.2) is 4.79 Å². The molecule has 6 heteroatoms. The van der Waals surface area contributed by atoms with Gasteiger partial charge in [0.25, 0.3) is 0 Å². The van der Waals surface area contributed by atoms with Crippen molar-refractivity contribution < 1.29 is 19.1 Å². The summed E-state index contributed by atoms with van der Waals surface area (Å²) in [5, 5.41) is 3.70. The number of hydrogen-bond donors (Lipinski definition) is 1. The minimum atomic E-state index is -0.424. The van der Waals surface area contributed by atoms with Gasteiger partial charge >= 0.3 is 5.97 Å². The summed E-state index contributed by atoms with van der Waals surface area (Å²) in [6.07, 6.45) is 2.60. The molecule has 0 aliphatic rings. The molecule has 0 unspecified atom stereocenters. The van der Waals surface area contributed by atoms with Crippen LogP contribution in [0.15, 0.2) is 60.8 Å². The number of esters is 1. The Morgan fingerprint density at radius 3 is 2.64 bits per heavy atom. The van der Waals surface area contributed by atoms with Gasteiger partial charge in [0.1, 0.15) is 0 Å². The standard InChI is InChI=1S/C22H22N2O4/c1-2-14-28-22(27)17-7-5-8-18(15-17)23-20(25)10-11-21(26)24-13-12-16-6-3-4-9-19(16)24/h3-9,12-13,15H,2,10-11,14H2,1H3,(H,23,25). The Bertz CT molecular complexity index is 1010. The van der Waals surface area contributed by atoms with E-state index in [1.807, 2.05) is 37.3 Å². The molecule has 0 aliphatic heterocycles. The van der Waals surface area contributed by atoms with Crippen LogP contribution in [0.5, 0.6) is 0 Å². The molecule has 1 aromatic heterocycles. The highest BCUT2D eigenvalue weighted by atomic mass is 16.5. The zero-order valence-electron chi connectivity index (χ0n) is 15.7. The third-order valence-electron chi connectivity index (χ3n) is 4.25. The molecule has 1 N–H and O–H groups in total. The zero-order chi connectivity index (χ0) is 19.9. The van der Waals surface area contributed by atoms with E-state index in [1.54, 1.807) is 35.0 Å². The predicted octanol–water partition coefficient (Wildman–Crippen LogP) is 4.27. The lowest BCUT2D eigenvalue weighted by atomic mass is 10.2. The second-order valence-corrected chi connectivity index (χ2v) is 6.40. The maximum absolute atomic E-state index is 12.4. The van der Waals surface area contributed by atoms with Crippen LogP contribution in [0.25, 0.3) is 10.9 Å². The van der Waals surface area contributed by atoms with Gasteiger partial charge in [0.15, 0.2) is 0 Å². The van der Waals surface area contributed by atoms with E-state index >= 15 is 0 Å². The van der Waals surface area contributed by atoms with Gasteiger partial charge in [-0.1, -0.05) is 31.2 Å². The second kappa shape index (κ2) is 8.99. The van der Waals surface area contributed by atoms with E-state index in [9.17, 15) is 14.4 Å². The summed E-state index contributed by atoms with van der Waals surface area (Å²) in [5.41, 5.74) is 1.70. The number of carbonyl (C=O) groups is 3. The van der Waals surface area contributed by atoms with Gasteiger partial charge < -0.3 is 10.1 Å². The molecular formula is C22H22N2O4. The summed E-state index contributed by atoms with van der Waals surface area (Å²) in [6, 6.07) is 16.0. The molecule has 28 heavy (non-hydrogen) atoms. The predicted molar refractivity (Wildman–Crippen MR) is 107 cm³/mol. The highest BCUT2D eigenvalue weighted by Gasteiger charge is 2.12. The lowest BCUT2D eigenvalue weighted by Gasteiger charge is -2.08. The lowest BCUT2D eigenvalue weighted by molar-refractivity contribution is -0.116. The highest BCUT2D eigenvalue weighted by Crippen LogP contribution is 2.16. The Kier molecular flexibility index (Phi) is 6.22. The first-order valence-electron chi connectivity index (χ1n) is 9.25. The average Bonchev–Trinajstić information content (AvgIpc) is 3.14. The third-order valence-corrected chi connectivity index (χ3v) is 4.25. The molecular weight excluding hydrogens is 356 g/mol. The molecule has 0 spiro atoms. The average molecular weight is 378 g/mol. The zero-order valence-corrected chi connectivity index (χ0v) is 15.7. The molecule has 3 aromatic rings. The monoisotopic (exact) mass is 378 g/mol. The number of aromatic nitrogens is 1. The minimum absolute atomic E-state index is 0.0514. The number of rotatable bonds is 7. The summed E-state index contributed by atoms with van der Waals surface area (Å²) in [5.74, 6) is -0.857. The van der Waals surface area contributed by atoms with E-state index in [1.165, 1.54) is 0 Å². The van der Waals surface area contributed by atoms with Crippen molar-refractivity contribution in [2.75, 3.05) is 11.9 Å². The Balaban J connectivity index is 1.57. The summed E-state index contributed by atoms with van der Waals surface area (Å²) in [4.78, 5) is 36.6. The Hall–Kier alpha value is -3.41. The molecule has 0 fully saturated rings. The van der Waals surface area contributed by atoms with Crippen LogP contribution in [-0.4, -0.2) is 29.0 Å². The van der Waals surface area contributed by atoms with Crippen molar-refractivity contribution in [1.82, 2.24) is 4.57 Å². The van der Waals surface area contributed by atoms with E-state index in [0.29, 0.717) is 17.9 Å². The number of hydrogen-bond acceptors (Lipinski definition) is 4. The van der Waals surface area contributed by atoms with Crippen molar-refractivity contribution in [3.05, 3.63) is 66.4 Å². The number of ether oxygens (including phenoxy) is 1. The number of nitrogens with one attached hydrogen (secondary N) is 1. The fourth-order valence-corrected chi connectivity index (χ4v) is 2.87. The van der Waals surface area contributed by atoms with Gasteiger partial charge in [-0.3, -0.25) is 14.2 Å². The maximum atomic E-state index is 12.4. The highest BCUT2D eigenvalue weighted by molar-refractivity contribution is 5.97. The molecule has 1 amide bonds. The molecule has 2 aromatic carbocycles. The van der Waals surface area contributed by atoms with Gasteiger partial charge in [-0.05, 0) is 36.8 Å². The fraction of sp³-hybridized carbons (Fsp3) is 0.227. The van der Waals surface area contributed by atoms with Crippen molar-refractivity contribution in [2.45, 2.75) is 26.2 Å². The van der Waals surface area contributed by atoms with Crippen molar-refractivity contribution >= 4 is 34.4 Å². The number of para-hydroxylation sites is 1. The molecule has 144 valence electrons. The fourth-order valence-electron chi connectivity index (χ4n) is 2.87. The van der Waals surface area contributed by atoms with Crippen LogP contribution in [-0.2, 0) is 9.53 Å². The van der Waals surface area contributed by atoms with E-state index < -0.39 is 5.97 Å². The maximum Gasteiger partial charge on any atom is 0.338 e. The molecule has 0 radical (unpaired) electrons. The number of benzene rings is 2. The van der Waals surface area contributed by atoms with E-state index in [4.69, 9.17) is 4.74 Å². The van der Waals surface area contributed by atoms with E-state index in [2.05, 4.69) is 5.32 Å². The topological polar surface area (TPSA) is 77.4 Å². The van der Waals surface area contributed by atoms with Crippen molar-refractivity contribution in [2.24, 2.45) is 0 Å². The van der Waals surface area contributed by atoms with Gasteiger partial charge in [-0.2, -0.15) is 0 Å². The SMILES string of the molecule is CCCOC(=O)c1cccc(NC(=O)CCC(=O)n2ccc3ccccc32)c1. The number of nitrogens with zero attached hydrogens (tertiary/aromatic N) is 1. The van der Waals surface area contributed by atoms with Crippen LogP contribution < -0.4 is 5.32 Å². The van der Waals surface area contributed by atoms with Crippen LogP contribution in [0.2, 0.25) is 0 Å². The molecule has 0 atom stereocenters. The summed E-state index contributed by atoms with van der Waals surface area (Å²) < 4.78 is 6.66. The van der Waals surface area contributed by atoms with Gasteiger partial charge in [0, 0.05) is 30.1 Å². The first-order valence-corrected chi connectivity index (χ1v) is 9.25. The van der Waals surface area contributed by atoms with Gasteiger partial charge in [-0.15, -0.1) is 0 Å². The molecule has 6 nitrogen and oxygen atoms in total. The Morgan fingerprint density at radius 1 is 1.00 bits per heavy atom. The quantitative estimate of drug-likeness (QED) is 0.623. The van der Waals surface area contributed by atoms with Crippen LogP contribution in [0.3, 0.4) is 0 Å².